The zero-order chi connectivity index (χ0) is 14.7. The number of anilines is 1. The Morgan fingerprint density at radius 1 is 1.25 bits per heavy atom. The van der Waals surface area contributed by atoms with Gasteiger partial charge in [0, 0.05) is 18.8 Å². The maximum atomic E-state index is 12.0. The number of aliphatic hydroxyl groups excluding tert-OH is 1. The summed E-state index contributed by atoms with van der Waals surface area (Å²) < 4.78 is 0. The average Bonchev–Trinajstić information content (AvgIpc) is 2.36. The van der Waals surface area contributed by atoms with E-state index in [1.165, 1.54) is 4.90 Å². The Balaban J connectivity index is 2.02. The zero-order valence-corrected chi connectivity index (χ0v) is 11.8. The predicted octanol–water partition coefficient (Wildman–Crippen LogP) is 1.23. The Hall–Kier alpha value is -1.88. The third-order valence-corrected chi connectivity index (χ3v) is 3.36. The second kappa shape index (κ2) is 6.05. The highest BCUT2D eigenvalue weighted by Gasteiger charge is 2.26. The quantitative estimate of drug-likeness (QED) is 0.758. The number of nitrogens with one attached hydrogen (secondary N) is 1. The van der Waals surface area contributed by atoms with E-state index in [2.05, 4.69) is 5.32 Å². The van der Waals surface area contributed by atoms with Crippen LogP contribution in [0.15, 0.2) is 18.2 Å². The number of rotatable bonds is 1. The Morgan fingerprint density at radius 2 is 1.90 bits per heavy atom. The summed E-state index contributed by atoms with van der Waals surface area (Å²) in [6.07, 6.45) is 0.883. The molecule has 1 aromatic rings. The number of amides is 2. The molecule has 1 heterocycles. The van der Waals surface area contributed by atoms with Gasteiger partial charge in [-0.15, -0.1) is 0 Å². The van der Waals surface area contributed by atoms with Crippen molar-refractivity contribution in [2.75, 3.05) is 18.4 Å². The number of nitrogens with zero attached hydrogens (tertiary/aromatic N) is 1. The third-order valence-electron chi connectivity index (χ3n) is 3.36. The molecule has 0 aliphatic carbocycles. The summed E-state index contributed by atoms with van der Waals surface area (Å²) in [7, 11) is 0. The number of likely N-dealkylation sites (tertiary alicyclic amines) is 1. The highest BCUT2D eigenvalue weighted by Crippen LogP contribution is 2.15. The van der Waals surface area contributed by atoms with Crippen molar-refractivity contribution >= 4 is 17.5 Å². The van der Waals surface area contributed by atoms with Gasteiger partial charge < -0.3 is 15.3 Å². The zero-order valence-electron chi connectivity index (χ0n) is 11.8. The van der Waals surface area contributed by atoms with Crippen molar-refractivity contribution in [3.63, 3.8) is 0 Å². The molecule has 1 fully saturated rings. The van der Waals surface area contributed by atoms with Gasteiger partial charge in [-0.3, -0.25) is 9.59 Å². The molecule has 1 unspecified atom stereocenters. The van der Waals surface area contributed by atoms with Crippen LogP contribution in [-0.2, 0) is 9.59 Å². The molecule has 5 nitrogen and oxygen atoms in total. The SMILES string of the molecule is Cc1cc(C)cc(NC(=O)C(=O)N2CCCC(O)C2)c1. The van der Waals surface area contributed by atoms with Crippen LogP contribution in [0.1, 0.15) is 24.0 Å². The van der Waals surface area contributed by atoms with Gasteiger partial charge in [-0.1, -0.05) is 6.07 Å². The van der Waals surface area contributed by atoms with Crippen molar-refractivity contribution in [1.29, 1.82) is 0 Å². The minimum absolute atomic E-state index is 0.235. The van der Waals surface area contributed by atoms with Gasteiger partial charge in [0.1, 0.15) is 0 Å². The van der Waals surface area contributed by atoms with E-state index in [0.29, 0.717) is 18.7 Å². The lowest BCUT2D eigenvalue weighted by Gasteiger charge is -2.29. The maximum absolute atomic E-state index is 12.0. The Labute approximate surface area is 118 Å². The van der Waals surface area contributed by atoms with Crippen LogP contribution >= 0.6 is 0 Å². The van der Waals surface area contributed by atoms with Crippen LogP contribution in [0.5, 0.6) is 0 Å². The molecule has 5 heteroatoms. The van der Waals surface area contributed by atoms with Gasteiger partial charge in [-0.05, 0) is 49.9 Å². The summed E-state index contributed by atoms with van der Waals surface area (Å²) >= 11 is 0. The van der Waals surface area contributed by atoms with E-state index >= 15 is 0 Å². The van der Waals surface area contributed by atoms with Gasteiger partial charge in [-0.2, -0.15) is 0 Å². The molecule has 0 spiro atoms. The summed E-state index contributed by atoms with van der Waals surface area (Å²) in [4.78, 5) is 25.4. The summed E-state index contributed by atoms with van der Waals surface area (Å²) in [5.74, 6) is -1.23. The molecule has 2 N–H and O–H groups in total. The molecular weight excluding hydrogens is 256 g/mol. The van der Waals surface area contributed by atoms with E-state index in [1.54, 1.807) is 0 Å². The lowest BCUT2D eigenvalue weighted by Crippen LogP contribution is -2.46. The van der Waals surface area contributed by atoms with Crippen LogP contribution in [0.4, 0.5) is 5.69 Å². The summed E-state index contributed by atoms with van der Waals surface area (Å²) in [6.45, 7) is 4.63. The van der Waals surface area contributed by atoms with Crippen LogP contribution < -0.4 is 5.32 Å². The summed E-state index contributed by atoms with van der Waals surface area (Å²) in [5, 5.41) is 12.2. The number of carbonyl (C=O) groups excluding carboxylic acids is 2. The first-order valence-electron chi connectivity index (χ1n) is 6.82. The van der Waals surface area contributed by atoms with Crippen LogP contribution in [0.2, 0.25) is 0 Å². The average molecular weight is 276 g/mol. The molecule has 20 heavy (non-hydrogen) atoms. The van der Waals surface area contributed by atoms with Gasteiger partial charge in [0.25, 0.3) is 0 Å². The van der Waals surface area contributed by atoms with Gasteiger partial charge in [0.15, 0.2) is 0 Å². The normalized spacial score (nSPS) is 18.8. The fraction of sp³-hybridized carbons (Fsp3) is 0.467. The summed E-state index contributed by atoms with van der Waals surface area (Å²) in [5.41, 5.74) is 2.68. The lowest BCUT2D eigenvalue weighted by atomic mass is 10.1. The van der Waals surface area contributed by atoms with Crippen molar-refractivity contribution in [2.24, 2.45) is 0 Å². The maximum Gasteiger partial charge on any atom is 0.313 e. The van der Waals surface area contributed by atoms with Crippen molar-refractivity contribution in [2.45, 2.75) is 32.8 Å². The molecule has 0 saturated carbocycles. The van der Waals surface area contributed by atoms with Crippen molar-refractivity contribution in [3.05, 3.63) is 29.3 Å². The molecular formula is C15H20N2O3. The first-order valence-corrected chi connectivity index (χ1v) is 6.82. The number of hydrogen-bond acceptors (Lipinski definition) is 3. The van der Waals surface area contributed by atoms with E-state index in [9.17, 15) is 14.7 Å². The number of β-amino-alcohol motifs (C(OH)–C–C–N with tert-alkyl or cyclic N) is 1. The number of benzene rings is 1. The first-order chi connectivity index (χ1) is 9.45. The van der Waals surface area contributed by atoms with Crippen LogP contribution in [0, 0.1) is 13.8 Å². The Bertz CT molecular complexity index is 508. The molecule has 1 atom stereocenters. The highest BCUT2D eigenvalue weighted by molar-refractivity contribution is 6.39. The first kappa shape index (κ1) is 14.5. The number of hydrogen-bond donors (Lipinski definition) is 2. The predicted molar refractivity (Wildman–Crippen MR) is 76.4 cm³/mol. The fourth-order valence-corrected chi connectivity index (χ4v) is 2.51. The highest BCUT2D eigenvalue weighted by atomic mass is 16.3. The lowest BCUT2D eigenvalue weighted by molar-refractivity contribution is -0.145. The topological polar surface area (TPSA) is 69.6 Å². The molecule has 0 radical (unpaired) electrons. The largest absolute Gasteiger partial charge is 0.391 e. The second-order valence-electron chi connectivity index (χ2n) is 5.38. The second-order valence-corrected chi connectivity index (χ2v) is 5.38. The van der Waals surface area contributed by atoms with E-state index in [-0.39, 0.29) is 6.54 Å². The number of aryl methyl sites for hydroxylation is 2. The van der Waals surface area contributed by atoms with Gasteiger partial charge in [0.05, 0.1) is 6.10 Å². The molecule has 0 bridgehead atoms. The monoisotopic (exact) mass is 276 g/mol. The van der Waals surface area contributed by atoms with E-state index < -0.39 is 17.9 Å². The van der Waals surface area contributed by atoms with Gasteiger partial charge in [-0.25, -0.2) is 0 Å². The molecule has 1 aliphatic rings. The Morgan fingerprint density at radius 3 is 2.50 bits per heavy atom. The smallest absolute Gasteiger partial charge is 0.313 e. The van der Waals surface area contributed by atoms with Gasteiger partial charge in [0.2, 0.25) is 0 Å². The Kier molecular flexibility index (Phi) is 4.39. The molecule has 2 rings (SSSR count). The van der Waals surface area contributed by atoms with Gasteiger partial charge >= 0.3 is 11.8 Å². The standard InChI is InChI=1S/C15H20N2O3/c1-10-6-11(2)8-12(7-10)16-14(19)15(20)17-5-3-4-13(18)9-17/h6-8,13,18H,3-5,9H2,1-2H3,(H,16,19). The number of carbonyl (C=O) groups is 2. The fourth-order valence-electron chi connectivity index (χ4n) is 2.51. The van der Waals surface area contributed by atoms with Crippen LogP contribution in [-0.4, -0.2) is 41.0 Å². The third kappa shape index (κ3) is 3.57. The number of aliphatic hydroxyl groups is 1. The van der Waals surface area contributed by atoms with E-state index in [0.717, 1.165) is 17.5 Å². The summed E-state index contributed by atoms with van der Waals surface area (Å²) in [6, 6.07) is 5.64. The van der Waals surface area contributed by atoms with Crippen molar-refractivity contribution in [3.8, 4) is 0 Å². The minimum atomic E-state index is -0.649. The minimum Gasteiger partial charge on any atom is -0.391 e. The van der Waals surface area contributed by atoms with Crippen molar-refractivity contribution in [1.82, 2.24) is 4.90 Å². The van der Waals surface area contributed by atoms with E-state index in [4.69, 9.17) is 0 Å². The van der Waals surface area contributed by atoms with E-state index in [1.807, 2.05) is 32.0 Å². The van der Waals surface area contributed by atoms with Crippen LogP contribution in [0.3, 0.4) is 0 Å². The molecule has 0 aromatic heterocycles. The molecule has 1 aliphatic heterocycles. The van der Waals surface area contributed by atoms with Crippen molar-refractivity contribution < 1.29 is 14.7 Å². The molecule has 1 aromatic carbocycles. The molecule has 1 saturated heterocycles. The molecule has 2 amide bonds. The number of piperidine rings is 1. The molecule has 108 valence electrons. The van der Waals surface area contributed by atoms with Crippen LogP contribution in [0.25, 0.3) is 0 Å².